The van der Waals surface area contributed by atoms with Gasteiger partial charge in [0.25, 0.3) is 0 Å². The lowest BCUT2D eigenvalue weighted by Crippen LogP contribution is -2.09. The van der Waals surface area contributed by atoms with E-state index in [9.17, 15) is 9.18 Å². The average Bonchev–Trinajstić information content (AvgIpc) is 2.74. The summed E-state index contributed by atoms with van der Waals surface area (Å²) in [5.74, 6) is -0.677. The molecule has 90 valence electrons. The number of nitrogens with two attached hydrogens (primary N) is 1. The fraction of sp³-hybridized carbons (Fsp3) is 0. The van der Waals surface area contributed by atoms with Crippen LogP contribution in [0.2, 0.25) is 0 Å². The van der Waals surface area contributed by atoms with Gasteiger partial charge in [0.15, 0.2) is 23.1 Å². The van der Waals surface area contributed by atoms with Gasteiger partial charge in [-0.05, 0) is 12.1 Å². The Hall–Kier alpha value is -2.77. The van der Waals surface area contributed by atoms with Gasteiger partial charge >= 0.3 is 5.69 Å². The van der Waals surface area contributed by atoms with Crippen LogP contribution in [0.1, 0.15) is 0 Å². The maximum Gasteiger partial charge on any atom is 0.347 e. The van der Waals surface area contributed by atoms with Crippen LogP contribution in [0, 0.1) is 5.82 Å². The van der Waals surface area contributed by atoms with E-state index in [1.165, 1.54) is 10.6 Å². The molecule has 3 heterocycles. The third-order valence-electron chi connectivity index (χ3n) is 2.44. The largest absolute Gasteiger partial charge is 0.381 e. The predicted molar refractivity (Wildman–Crippen MR) is 61.2 cm³/mol. The molecule has 0 radical (unpaired) electrons. The molecular weight excluding hydrogens is 239 g/mol. The van der Waals surface area contributed by atoms with E-state index in [0.29, 0.717) is 11.2 Å². The van der Waals surface area contributed by atoms with Crippen molar-refractivity contribution in [2.45, 2.75) is 0 Å². The molecule has 0 aliphatic rings. The van der Waals surface area contributed by atoms with Crippen molar-refractivity contribution < 1.29 is 4.39 Å². The van der Waals surface area contributed by atoms with Gasteiger partial charge in [-0.2, -0.15) is 5.10 Å². The number of aromatic amines is 1. The summed E-state index contributed by atoms with van der Waals surface area (Å²) in [4.78, 5) is 19.0. The van der Waals surface area contributed by atoms with E-state index in [1.54, 1.807) is 12.1 Å². The summed E-state index contributed by atoms with van der Waals surface area (Å²) >= 11 is 0. The molecule has 3 rings (SSSR count). The molecule has 18 heavy (non-hydrogen) atoms. The molecule has 0 amide bonds. The van der Waals surface area contributed by atoms with E-state index >= 15 is 0 Å². The molecule has 0 saturated heterocycles. The maximum atomic E-state index is 13.0. The van der Waals surface area contributed by atoms with Crippen LogP contribution in [0.25, 0.3) is 17.0 Å². The molecule has 0 atom stereocenters. The number of hydrogen-bond acceptors (Lipinski definition) is 5. The van der Waals surface area contributed by atoms with Crippen LogP contribution < -0.4 is 11.4 Å². The standard InChI is InChI=1S/C10H7FN6O/c11-6-3-13-9(14-8(6)12)5-1-2-7-15-16-10(18)17(7)4-5/h1-4H,(H,16,18)(H2,12,13,14). The van der Waals surface area contributed by atoms with Crippen molar-refractivity contribution in [3.8, 4) is 11.4 Å². The minimum atomic E-state index is -0.680. The summed E-state index contributed by atoms with van der Waals surface area (Å²) in [7, 11) is 0. The minimum Gasteiger partial charge on any atom is -0.381 e. The Bertz CT molecular complexity index is 792. The Kier molecular flexibility index (Phi) is 2.09. The fourth-order valence-electron chi connectivity index (χ4n) is 1.56. The Labute approximate surface area is 99.1 Å². The Morgan fingerprint density at radius 1 is 1.39 bits per heavy atom. The molecule has 0 aliphatic heterocycles. The van der Waals surface area contributed by atoms with Crippen molar-refractivity contribution in [2.75, 3.05) is 5.73 Å². The number of H-pyrrole nitrogens is 1. The molecule has 0 aromatic carbocycles. The zero-order chi connectivity index (χ0) is 12.7. The van der Waals surface area contributed by atoms with E-state index in [1.807, 2.05) is 0 Å². The number of halogens is 1. The minimum absolute atomic E-state index is 0.236. The summed E-state index contributed by atoms with van der Waals surface area (Å²) in [6, 6.07) is 3.29. The number of nitrogens with zero attached hydrogens (tertiary/aromatic N) is 4. The fourth-order valence-corrected chi connectivity index (χ4v) is 1.56. The number of rotatable bonds is 1. The van der Waals surface area contributed by atoms with Gasteiger partial charge < -0.3 is 5.73 Å². The van der Waals surface area contributed by atoms with Gasteiger partial charge in [-0.25, -0.2) is 28.7 Å². The summed E-state index contributed by atoms with van der Waals surface area (Å²) in [6.45, 7) is 0. The van der Waals surface area contributed by atoms with Crippen molar-refractivity contribution in [2.24, 2.45) is 0 Å². The van der Waals surface area contributed by atoms with Crippen LogP contribution in [0.4, 0.5) is 10.2 Å². The SMILES string of the molecule is Nc1nc(-c2ccc3n[nH]c(=O)n3c2)ncc1F. The highest BCUT2D eigenvalue weighted by Gasteiger charge is 2.08. The van der Waals surface area contributed by atoms with E-state index in [2.05, 4.69) is 20.2 Å². The number of nitrogens with one attached hydrogen (secondary N) is 1. The zero-order valence-corrected chi connectivity index (χ0v) is 8.96. The van der Waals surface area contributed by atoms with Gasteiger partial charge in [-0.3, -0.25) is 0 Å². The third-order valence-corrected chi connectivity index (χ3v) is 2.44. The molecule has 3 aromatic rings. The highest BCUT2D eigenvalue weighted by Crippen LogP contribution is 2.16. The second kappa shape index (κ2) is 3.62. The van der Waals surface area contributed by atoms with Crippen molar-refractivity contribution in [3.63, 3.8) is 0 Å². The molecule has 8 heteroatoms. The first-order valence-electron chi connectivity index (χ1n) is 5.00. The van der Waals surface area contributed by atoms with Crippen molar-refractivity contribution in [1.82, 2.24) is 24.6 Å². The van der Waals surface area contributed by atoms with Gasteiger partial charge in [0.05, 0.1) is 6.20 Å². The van der Waals surface area contributed by atoms with Crippen LogP contribution in [-0.4, -0.2) is 24.6 Å². The Morgan fingerprint density at radius 2 is 2.22 bits per heavy atom. The van der Waals surface area contributed by atoms with Gasteiger partial charge in [0, 0.05) is 11.8 Å². The van der Waals surface area contributed by atoms with Gasteiger partial charge in [-0.15, -0.1) is 0 Å². The van der Waals surface area contributed by atoms with E-state index in [-0.39, 0.29) is 17.3 Å². The molecule has 0 aliphatic carbocycles. The molecule has 3 N–H and O–H groups in total. The number of pyridine rings is 1. The summed E-state index contributed by atoms with van der Waals surface area (Å²) in [6.07, 6.45) is 2.49. The van der Waals surface area contributed by atoms with Crippen molar-refractivity contribution in [1.29, 1.82) is 0 Å². The lowest BCUT2D eigenvalue weighted by molar-refractivity contribution is 0.620. The number of anilines is 1. The lowest BCUT2D eigenvalue weighted by atomic mass is 10.2. The van der Waals surface area contributed by atoms with Gasteiger partial charge in [0.1, 0.15) is 0 Å². The molecule has 0 bridgehead atoms. The van der Waals surface area contributed by atoms with Crippen LogP contribution in [0.5, 0.6) is 0 Å². The van der Waals surface area contributed by atoms with Crippen LogP contribution in [0.15, 0.2) is 29.3 Å². The normalized spacial score (nSPS) is 10.9. The summed E-state index contributed by atoms with van der Waals surface area (Å²) < 4.78 is 14.3. The molecule has 0 fully saturated rings. The number of aromatic nitrogens is 5. The molecule has 3 aromatic heterocycles. The van der Waals surface area contributed by atoms with Crippen LogP contribution >= 0.6 is 0 Å². The van der Waals surface area contributed by atoms with Crippen LogP contribution in [-0.2, 0) is 0 Å². The number of fused-ring (bicyclic) bond motifs is 1. The van der Waals surface area contributed by atoms with Crippen molar-refractivity contribution >= 4 is 11.5 Å². The monoisotopic (exact) mass is 246 g/mol. The summed E-state index contributed by atoms with van der Waals surface area (Å²) in [5, 5.41) is 6.09. The van der Waals surface area contributed by atoms with Gasteiger partial charge in [-0.1, -0.05) is 0 Å². The maximum absolute atomic E-state index is 13.0. The topological polar surface area (TPSA) is 102 Å². The highest BCUT2D eigenvalue weighted by atomic mass is 19.1. The number of hydrogen-bond donors (Lipinski definition) is 2. The van der Waals surface area contributed by atoms with E-state index in [0.717, 1.165) is 6.20 Å². The highest BCUT2D eigenvalue weighted by molar-refractivity contribution is 5.58. The number of nitrogen functional groups attached to an aromatic ring is 1. The first kappa shape index (κ1) is 10.4. The Balaban J connectivity index is 2.21. The summed E-state index contributed by atoms with van der Waals surface area (Å²) in [5.41, 5.74) is 6.00. The van der Waals surface area contributed by atoms with Gasteiger partial charge in [0.2, 0.25) is 0 Å². The third kappa shape index (κ3) is 1.51. The average molecular weight is 246 g/mol. The first-order valence-corrected chi connectivity index (χ1v) is 5.00. The van der Waals surface area contributed by atoms with E-state index < -0.39 is 5.82 Å². The van der Waals surface area contributed by atoms with Crippen LogP contribution in [0.3, 0.4) is 0 Å². The second-order valence-electron chi connectivity index (χ2n) is 3.60. The zero-order valence-electron chi connectivity index (χ0n) is 8.96. The molecule has 0 saturated carbocycles. The molecule has 0 spiro atoms. The Morgan fingerprint density at radius 3 is 3.00 bits per heavy atom. The second-order valence-corrected chi connectivity index (χ2v) is 3.60. The smallest absolute Gasteiger partial charge is 0.347 e. The predicted octanol–water partition coefficient (Wildman–Crippen LogP) is 0.201. The lowest BCUT2D eigenvalue weighted by Gasteiger charge is -2.01. The molecular formula is C10H7FN6O. The molecule has 0 unspecified atom stereocenters. The van der Waals surface area contributed by atoms with E-state index in [4.69, 9.17) is 5.73 Å². The first-order chi connectivity index (χ1) is 8.65. The van der Waals surface area contributed by atoms with Crippen molar-refractivity contribution in [3.05, 3.63) is 40.8 Å². The molecule has 7 nitrogen and oxygen atoms in total. The quantitative estimate of drug-likeness (QED) is 0.638.